The summed E-state index contributed by atoms with van der Waals surface area (Å²) < 4.78 is 3.53. The first-order chi connectivity index (χ1) is 17.3. The molecule has 0 aliphatic heterocycles. The Hall–Kier alpha value is -3.38. The fourth-order valence-corrected chi connectivity index (χ4v) is 4.07. The lowest BCUT2D eigenvalue weighted by molar-refractivity contribution is 0.869. The number of aryl methyl sites for hydroxylation is 2. The molecule has 0 bridgehead atoms. The maximum atomic E-state index is 12.5. The second kappa shape index (κ2) is 12.5. The predicted octanol–water partition coefficient (Wildman–Crippen LogP) is 7.01. The van der Waals surface area contributed by atoms with Crippen LogP contribution >= 0.6 is 23.2 Å². The number of imidazole rings is 1. The maximum absolute atomic E-state index is 12.5. The second-order valence-corrected chi connectivity index (χ2v) is 8.87. The van der Waals surface area contributed by atoms with Gasteiger partial charge in [-0.15, -0.1) is 0 Å². The Bertz CT molecular complexity index is 1480. The number of fused-ring (bicyclic) bond motifs is 1. The molecule has 0 amide bonds. The number of nitrogens with two attached hydrogens (primary N) is 1. The van der Waals surface area contributed by atoms with Gasteiger partial charge in [-0.25, -0.2) is 4.98 Å². The van der Waals surface area contributed by atoms with E-state index in [4.69, 9.17) is 28.9 Å². The second-order valence-electron chi connectivity index (χ2n) is 8.00. The molecule has 2 N–H and O–H groups in total. The van der Waals surface area contributed by atoms with Gasteiger partial charge in [0, 0.05) is 48.0 Å². The number of nitrogens with zero attached hydrogens (tertiary/aromatic N) is 3. The molecular formula is C29H30Cl2N4O. The first-order valence-electron chi connectivity index (χ1n) is 11.7. The van der Waals surface area contributed by atoms with Crippen LogP contribution in [0.2, 0.25) is 10.0 Å². The summed E-state index contributed by atoms with van der Waals surface area (Å²) in [6, 6.07) is 22.3. The Morgan fingerprint density at radius 2 is 1.56 bits per heavy atom. The SMILES string of the molecule is CC.Cn1c(=O)cc(-c2cccc(Cl)c2)c2cc(C(N)c3ccc(Cl)cc3)ccc21.Cn1ccnc1. The van der Waals surface area contributed by atoms with Crippen molar-refractivity contribution in [2.24, 2.45) is 19.8 Å². The molecule has 2 aromatic heterocycles. The summed E-state index contributed by atoms with van der Waals surface area (Å²) in [4.78, 5) is 16.3. The summed E-state index contributed by atoms with van der Waals surface area (Å²) in [7, 11) is 3.71. The highest BCUT2D eigenvalue weighted by Crippen LogP contribution is 2.31. The fraction of sp³-hybridized carbons (Fsp3) is 0.172. The van der Waals surface area contributed by atoms with E-state index in [0.29, 0.717) is 10.0 Å². The van der Waals surface area contributed by atoms with E-state index < -0.39 is 0 Å². The summed E-state index contributed by atoms with van der Waals surface area (Å²) in [6.45, 7) is 4.00. The Morgan fingerprint density at radius 3 is 2.14 bits per heavy atom. The number of benzene rings is 3. The van der Waals surface area contributed by atoms with Gasteiger partial charge in [-0.1, -0.05) is 67.4 Å². The van der Waals surface area contributed by atoms with E-state index in [1.807, 2.05) is 98.4 Å². The van der Waals surface area contributed by atoms with Crippen molar-refractivity contribution in [1.82, 2.24) is 14.1 Å². The third kappa shape index (κ3) is 6.43. The molecule has 5 rings (SSSR count). The minimum absolute atomic E-state index is 0.0720. The molecule has 5 nitrogen and oxygen atoms in total. The average Bonchev–Trinajstić information content (AvgIpc) is 3.38. The highest BCUT2D eigenvalue weighted by atomic mass is 35.5. The van der Waals surface area contributed by atoms with E-state index >= 15 is 0 Å². The lowest BCUT2D eigenvalue weighted by Gasteiger charge is -2.16. The number of hydrogen-bond acceptors (Lipinski definition) is 3. The van der Waals surface area contributed by atoms with E-state index in [1.54, 1.807) is 30.2 Å². The van der Waals surface area contributed by atoms with Crippen LogP contribution < -0.4 is 11.3 Å². The van der Waals surface area contributed by atoms with E-state index in [2.05, 4.69) is 4.98 Å². The van der Waals surface area contributed by atoms with Gasteiger partial charge in [0.15, 0.2) is 0 Å². The number of aromatic nitrogens is 3. The van der Waals surface area contributed by atoms with Crippen molar-refractivity contribution in [2.45, 2.75) is 19.9 Å². The summed E-state index contributed by atoms with van der Waals surface area (Å²) >= 11 is 12.2. The first kappa shape index (κ1) is 27.2. The van der Waals surface area contributed by atoms with Crippen molar-refractivity contribution in [3.05, 3.63) is 123 Å². The fourth-order valence-electron chi connectivity index (χ4n) is 3.76. The minimum Gasteiger partial charge on any atom is -0.341 e. The molecule has 0 saturated carbocycles. The van der Waals surface area contributed by atoms with Crippen LogP contribution in [0.15, 0.2) is 96.3 Å². The zero-order chi connectivity index (χ0) is 26.2. The van der Waals surface area contributed by atoms with Crippen LogP contribution in [-0.2, 0) is 14.1 Å². The molecule has 0 saturated heterocycles. The molecule has 5 aromatic rings. The standard InChI is InChI=1S/C23H18Cl2N2O.C4H6N2.C2H6/c1-27-21-10-7-16(23(26)14-5-8-17(24)9-6-14)12-20(21)19(13-22(27)28)15-3-2-4-18(25)11-15;1-6-3-2-5-4-6;1-2/h2-13,23H,26H2,1H3;2-4H,1H3;1-2H3. The number of pyridine rings is 1. The summed E-state index contributed by atoms with van der Waals surface area (Å²) in [5.74, 6) is 0. The molecule has 0 aliphatic rings. The molecule has 7 heteroatoms. The smallest absolute Gasteiger partial charge is 0.251 e. The zero-order valence-corrected chi connectivity index (χ0v) is 22.3. The van der Waals surface area contributed by atoms with E-state index in [0.717, 1.165) is 33.2 Å². The Balaban J connectivity index is 0.000000390. The van der Waals surface area contributed by atoms with Crippen molar-refractivity contribution in [2.75, 3.05) is 0 Å². The average molecular weight is 521 g/mol. The summed E-state index contributed by atoms with van der Waals surface area (Å²) in [5, 5.41) is 2.25. The van der Waals surface area contributed by atoms with E-state index in [-0.39, 0.29) is 11.6 Å². The lowest BCUT2D eigenvalue weighted by atomic mass is 9.95. The molecule has 3 aromatic carbocycles. The molecule has 186 valence electrons. The van der Waals surface area contributed by atoms with Crippen molar-refractivity contribution in [1.29, 1.82) is 0 Å². The molecule has 1 unspecified atom stereocenters. The van der Waals surface area contributed by atoms with Crippen LogP contribution in [0.25, 0.3) is 22.0 Å². The molecular weight excluding hydrogens is 491 g/mol. The van der Waals surface area contributed by atoms with Crippen LogP contribution in [0.4, 0.5) is 0 Å². The van der Waals surface area contributed by atoms with Crippen molar-refractivity contribution in [3.8, 4) is 11.1 Å². The lowest BCUT2D eigenvalue weighted by Crippen LogP contribution is -2.17. The Labute approximate surface area is 221 Å². The number of halogens is 2. The maximum Gasteiger partial charge on any atom is 0.251 e. The van der Waals surface area contributed by atoms with Gasteiger partial charge in [-0.05, 0) is 58.7 Å². The van der Waals surface area contributed by atoms with Gasteiger partial charge in [-0.2, -0.15) is 0 Å². The van der Waals surface area contributed by atoms with Gasteiger partial charge < -0.3 is 14.9 Å². The topological polar surface area (TPSA) is 65.8 Å². The van der Waals surface area contributed by atoms with Gasteiger partial charge in [0.25, 0.3) is 5.56 Å². The van der Waals surface area contributed by atoms with Crippen molar-refractivity contribution >= 4 is 34.1 Å². The normalized spacial score (nSPS) is 11.2. The monoisotopic (exact) mass is 520 g/mol. The minimum atomic E-state index is -0.300. The number of hydrogen-bond donors (Lipinski definition) is 1. The third-order valence-corrected chi connectivity index (χ3v) is 6.12. The Morgan fingerprint density at radius 1 is 0.861 bits per heavy atom. The molecule has 1 atom stereocenters. The molecule has 2 heterocycles. The van der Waals surface area contributed by atoms with Gasteiger partial charge in [-0.3, -0.25) is 4.79 Å². The molecule has 0 spiro atoms. The van der Waals surface area contributed by atoms with Gasteiger partial charge in [0.1, 0.15) is 0 Å². The first-order valence-corrected chi connectivity index (χ1v) is 12.4. The van der Waals surface area contributed by atoms with Crippen molar-refractivity contribution in [3.63, 3.8) is 0 Å². The van der Waals surface area contributed by atoms with Crippen LogP contribution in [0.5, 0.6) is 0 Å². The van der Waals surface area contributed by atoms with Crippen LogP contribution in [-0.4, -0.2) is 14.1 Å². The largest absolute Gasteiger partial charge is 0.341 e. The third-order valence-electron chi connectivity index (χ3n) is 5.63. The van der Waals surface area contributed by atoms with Gasteiger partial charge in [0.2, 0.25) is 0 Å². The van der Waals surface area contributed by atoms with Gasteiger partial charge >= 0.3 is 0 Å². The molecule has 0 aliphatic carbocycles. The zero-order valence-electron chi connectivity index (χ0n) is 20.8. The van der Waals surface area contributed by atoms with Crippen LogP contribution in [0.1, 0.15) is 31.0 Å². The molecule has 0 radical (unpaired) electrons. The van der Waals surface area contributed by atoms with E-state index in [9.17, 15) is 4.79 Å². The van der Waals surface area contributed by atoms with Crippen molar-refractivity contribution < 1.29 is 0 Å². The predicted molar refractivity (Wildman–Crippen MR) is 152 cm³/mol. The Kier molecular flexibility index (Phi) is 9.48. The van der Waals surface area contributed by atoms with Crippen LogP contribution in [0, 0.1) is 0 Å². The van der Waals surface area contributed by atoms with Gasteiger partial charge in [0.05, 0.1) is 17.9 Å². The summed E-state index contributed by atoms with van der Waals surface area (Å²) in [6.07, 6.45) is 5.39. The number of rotatable bonds is 3. The molecule has 36 heavy (non-hydrogen) atoms. The molecule has 0 fully saturated rings. The highest BCUT2D eigenvalue weighted by Gasteiger charge is 2.14. The van der Waals surface area contributed by atoms with Crippen LogP contribution in [0.3, 0.4) is 0 Å². The highest BCUT2D eigenvalue weighted by molar-refractivity contribution is 6.31. The quantitative estimate of drug-likeness (QED) is 0.278. The van der Waals surface area contributed by atoms with E-state index in [1.165, 1.54) is 0 Å². The summed E-state index contributed by atoms with van der Waals surface area (Å²) in [5.41, 5.74) is 10.9.